The molecule has 0 radical (unpaired) electrons. The Balaban J connectivity index is 1.82. The summed E-state index contributed by atoms with van der Waals surface area (Å²) in [5.74, 6) is 0.217. The molecule has 1 N–H and O–H groups in total. The summed E-state index contributed by atoms with van der Waals surface area (Å²) in [7, 11) is -3.91. The SMILES string of the molecule is C[C@H]1CN(C(=O)c2ccc(Cl)c(S(=O)(=O)NCc3ccco3)c2)C[C@H](C)O1. The zero-order valence-corrected chi connectivity index (χ0v) is 16.6. The van der Waals surface area contributed by atoms with Gasteiger partial charge in [0.1, 0.15) is 10.7 Å². The summed E-state index contributed by atoms with van der Waals surface area (Å²) < 4.78 is 38.4. The summed E-state index contributed by atoms with van der Waals surface area (Å²) >= 11 is 6.09. The highest BCUT2D eigenvalue weighted by Gasteiger charge is 2.28. The maximum Gasteiger partial charge on any atom is 0.254 e. The summed E-state index contributed by atoms with van der Waals surface area (Å²) in [5.41, 5.74) is 0.263. The second-order valence-corrected chi connectivity index (χ2v) is 8.66. The fraction of sp³-hybridized carbons (Fsp3) is 0.389. The van der Waals surface area contributed by atoms with Gasteiger partial charge in [0.25, 0.3) is 5.91 Å². The normalized spacial score (nSPS) is 20.6. The molecule has 146 valence electrons. The monoisotopic (exact) mass is 412 g/mol. The van der Waals surface area contributed by atoms with Gasteiger partial charge in [0, 0.05) is 18.7 Å². The zero-order chi connectivity index (χ0) is 19.6. The maximum absolute atomic E-state index is 12.8. The minimum absolute atomic E-state index is 0.0116. The summed E-state index contributed by atoms with van der Waals surface area (Å²) in [6, 6.07) is 7.58. The molecule has 0 aliphatic carbocycles. The van der Waals surface area contributed by atoms with Crippen molar-refractivity contribution in [2.24, 2.45) is 0 Å². The summed E-state index contributed by atoms with van der Waals surface area (Å²) in [6.07, 6.45) is 1.30. The lowest BCUT2D eigenvalue weighted by atomic mass is 10.1. The van der Waals surface area contributed by atoms with Gasteiger partial charge in [-0.05, 0) is 44.2 Å². The molecular weight excluding hydrogens is 392 g/mol. The van der Waals surface area contributed by atoms with Gasteiger partial charge in [0.2, 0.25) is 10.0 Å². The molecule has 1 saturated heterocycles. The van der Waals surface area contributed by atoms with E-state index in [0.717, 1.165) is 0 Å². The van der Waals surface area contributed by atoms with Crippen LogP contribution in [0.3, 0.4) is 0 Å². The first-order valence-corrected chi connectivity index (χ1v) is 10.4. The van der Waals surface area contributed by atoms with Crippen molar-refractivity contribution >= 4 is 27.5 Å². The van der Waals surface area contributed by atoms with Crippen molar-refractivity contribution in [3.8, 4) is 0 Å². The standard InChI is InChI=1S/C18H21ClN2O5S/c1-12-10-21(11-13(2)26-12)18(22)14-5-6-16(19)17(8-14)27(23,24)20-9-15-4-3-7-25-15/h3-8,12-13,20H,9-11H2,1-2H3/t12-,13-/m0/s1. The number of furan rings is 1. The lowest BCUT2D eigenvalue weighted by Gasteiger charge is -2.35. The first kappa shape index (κ1) is 19.9. The minimum Gasteiger partial charge on any atom is -0.468 e. The Morgan fingerprint density at radius 2 is 1.96 bits per heavy atom. The van der Waals surface area contributed by atoms with Crippen molar-refractivity contribution in [1.82, 2.24) is 9.62 Å². The van der Waals surface area contributed by atoms with Crippen LogP contribution in [0.4, 0.5) is 0 Å². The van der Waals surface area contributed by atoms with E-state index in [4.69, 9.17) is 20.8 Å². The van der Waals surface area contributed by atoms with E-state index in [9.17, 15) is 13.2 Å². The summed E-state index contributed by atoms with van der Waals surface area (Å²) in [4.78, 5) is 14.3. The zero-order valence-electron chi connectivity index (χ0n) is 15.0. The molecule has 1 aromatic carbocycles. The minimum atomic E-state index is -3.91. The van der Waals surface area contributed by atoms with Crippen LogP contribution in [0.25, 0.3) is 0 Å². The number of halogens is 1. The second kappa shape index (κ2) is 8.02. The van der Waals surface area contributed by atoms with Gasteiger partial charge < -0.3 is 14.1 Å². The molecule has 1 fully saturated rings. The van der Waals surface area contributed by atoms with E-state index >= 15 is 0 Å². The third-order valence-corrected chi connectivity index (χ3v) is 6.07. The molecule has 2 aromatic rings. The Hall–Kier alpha value is -1.87. The number of amides is 1. The largest absolute Gasteiger partial charge is 0.468 e. The number of benzene rings is 1. The van der Waals surface area contributed by atoms with E-state index in [1.807, 2.05) is 13.8 Å². The van der Waals surface area contributed by atoms with Gasteiger partial charge >= 0.3 is 0 Å². The molecule has 1 aromatic heterocycles. The highest BCUT2D eigenvalue weighted by molar-refractivity contribution is 7.89. The highest BCUT2D eigenvalue weighted by atomic mass is 35.5. The Morgan fingerprint density at radius 3 is 2.59 bits per heavy atom. The molecule has 0 unspecified atom stereocenters. The van der Waals surface area contributed by atoms with Crippen molar-refractivity contribution in [2.45, 2.75) is 37.5 Å². The van der Waals surface area contributed by atoms with Gasteiger partial charge in [-0.3, -0.25) is 4.79 Å². The number of carbonyl (C=O) groups excluding carboxylic acids is 1. The van der Waals surface area contributed by atoms with Gasteiger partial charge in [-0.1, -0.05) is 11.6 Å². The Kier molecular flexibility index (Phi) is 5.90. The lowest BCUT2D eigenvalue weighted by molar-refractivity contribution is -0.0586. The van der Waals surface area contributed by atoms with E-state index in [-0.39, 0.29) is 40.1 Å². The van der Waals surface area contributed by atoms with Gasteiger partial charge in [-0.25, -0.2) is 13.1 Å². The number of sulfonamides is 1. The fourth-order valence-corrected chi connectivity index (χ4v) is 4.54. The van der Waals surface area contributed by atoms with Crippen molar-refractivity contribution in [3.05, 3.63) is 52.9 Å². The number of nitrogens with one attached hydrogen (secondary N) is 1. The van der Waals surface area contributed by atoms with E-state index in [1.165, 1.54) is 24.5 Å². The third-order valence-electron chi connectivity index (χ3n) is 4.19. The Labute approximate surface area is 163 Å². The van der Waals surface area contributed by atoms with Crippen molar-refractivity contribution < 1.29 is 22.4 Å². The van der Waals surface area contributed by atoms with E-state index in [0.29, 0.717) is 18.8 Å². The first-order valence-electron chi connectivity index (χ1n) is 8.52. The third kappa shape index (κ3) is 4.70. The van der Waals surface area contributed by atoms with Gasteiger partial charge in [0.05, 0.1) is 30.0 Å². The molecule has 1 amide bonds. The van der Waals surface area contributed by atoms with Crippen LogP contribution in [0.1, 0.15) is 30.0 Å². The summed E-state index contributed by atoms with van der Waals surface area (Å²) in [6.45, 7) is 4.68. The molecule has 3 rings (SSSR count). The van der Waals surface area contributed by atoms with Crippen LogP contribution in [0.15, 0.2) is 45.9 Å². The van der Waals surface area contributed by atoms with E-state index in [1.54, 1.807) is 17.0 Å². The highest BCUT2D eigenvalue weighted by Crippen LogP contribution is 2.24. The number of nitrogens with zero attached hydrogens (tertiary/aromatic N) is 1. The van der Waals surface area contributed by atoms with Gasteiger partial charge in [-0.2, -0.15) is 0 Å². The Bertz CT molecular complexity index is 904. The van der Waals surface area contributed by atoms with Crippen LogP contribution in [-0.4, -0.2) is 44.5 Å². The average molecular weight is 413 g/mol. The van der Waals surface area contributed by atoms with Crippen LogP contribution in [-0.2, 0) is 21.3 Å². The number of hydrogen-bond donors (Lipinski definition) is 1. The van der Waals surface area contributed by atoms with Crippen LogP contribution in [0.2, 0.25) is 5.02 Å². The molecule has 1 aliphatic heterocycles. The molecule has 27 heavy (non-hydrogen) atoms. The van der Waals surface area contributed by atoms with Crippen molar-refractivity contribution in [1.29, 1.82) is 0 Å². The molecule has 9 heteroatoms. The van der Waals surface area contributed by atoms with Crippen LogP contribution < -0.4 is 4.72 Å². The molecule has 2 atom stereocenters. The lowest BCUT2D eigenvalue weighted by Crippen LogP contribution is -2.48. The number of carbonyl (C=O) groups is 1. The molecule has 0 bridgehead atoms. The fourth-order valence-electron chi connectivity index (χ4n) is 3.03. The van der Waals surface area contributed by atoms with Crippen molar-refractivity contribution in [3.63, 3.8) is 0 Å². The quantitative estimate of drug-likeness (QED) is 0.815. The number of morpholine rings is 1. The second-order valence-electron chi connectivity index (χ2n) is 6.52. The van der Waals surface area contributed by atoms with Crippen LogP contribution in [0, 0.1) is 0 Å². The topological polar surface area (TPSA) is 88.9 Å². The molecule has 1 aliphatic rings. The average Bonchev–Trinajstić information content (AvgIpc) is 3.12. The molecule has 7 nitrogen and oxygen atoms in total. The first-order chi connectivity index (χ1) is 12.8. The molecule has 0 spiro atoms. The Morgan fingerprint density at radius 1 is 1.26 bits per heavy atom. The number of ether oxygens (including phenoxy) is 1. The van der Waals surface area contributed by atoms with E-state index < -0.39 is 10.0 Å². The summed E-state index contributed by atoms with van der Waals surface area (Å²) in [5, 5.41) is 0.0437. The molecular formula is C18H21ClN2O5S. The van der Waals surface area contributed by atoms with Gasteiger partial charge in [0.15, 0.2) is 0 Å². The van der Waals surface area contributed by atoms with Crippen LogP contribution >= 0.6 is 11.6 Å². The predicted octanol–water partition coefficient (Wildman–Crippen LogP) is 2.66. The predicted molar refractivity (Wildman–Crippen MR) is 100 cm³/mol. The number of rotatable bonds is 5. The number of hydrogen-bond acceptors (Lipinski definition) is 5. The molecule has 2 heterocycles. The van der Waals surface area contributed by atoms with Gasteiger partial charge in [-0.15, -0.1) is 0 Å². The maximum atomic E-state index is 12.8. The smallest absolute Gasteiger partial charge is 0.254 e. The van der Waals surface area contributed by atoms with Crippen molar-refractivity contribution in [2.75, 3.05) is 13.1 Å². The molecule has 0 saturated carbocycles. The van der Waals surface area contributed by atoms with E-state index in [2.05, 4.69) is 4.72 Å². The van der Waals surface area contributed by atoms with Crippen LogP contribution in [0.5, 0.6) is 0 Å².